The van der Waals surface area contributed by atoms with Crippen molar-refractivity contribution in [2.75, 3.05) is 6.61 Å². The van der Waals surface area contributed by atoms with Crippen LogP contribution >= 0.6 is 12.6 Å². The average molecular weight is 295 g/mol. The first-order valence-corrected chi connectivity index (χ1v) is 4.08. The summed E-state index contributed by atoms with van der Waals surface area (Å²) < 4.78 is 4.88. The molecule has 1 saturated heterocycles. The zero-order valence-corrected chi connectivity index (χ0v) is 9.37. The van der Waals surface area contributed by atoms with Crippen molar-refractivity contribution in [3.63, 3.8) is 0 Å². The minimum Gasteiger partial charge on any atom is -0.394 e. The Balaban J connectivity index is 0.00000144. The van der Waals surface area contributed by atoms with Crippen LogP contribution in [0.1, 0.15) is 0 Å². The summed E-state index contributed by atoms with van der Waals surface area (Å²) in [6, 6.07) is 0. The van der Waals surface area contributed by atoms with Gasteiger partial charge >= 0.3 is 0 Å². The molecule has 1 radical (unpaired) electrons. The second kappa shape index (κ2) is 5.62. The van der Waals surface area contributed by atoms with Crippen molar-refractivity contribution in [3.05, 3.63) is 0 Å². The summed E-state index contributed by atoms with van der Waals surface area (Å²) >= 11 is 3.81. The molecule has 1 rings (SSSR count). The second-order valence-electron chi connectivity index (χ2n) is 2.72. The van der Waals surface area contributed by atoms with Gasteiger partial charge in [-0.3, -0.25) is 0 Å². The van der Waals surface area contributed by atoms with Gasteiger partial charge < -0.3 is 25.2 Å². The summed E-state index contributed by atoms with van der Waals surface area (Å²) in [5.74, 6) is 0. The van der Waals surface area contributed by atoms with E-state index in [-0.39, 0.29) is 20.1 Å². The van der Waals surface area contributed by atoms with Crippen LogP contribution in [-0.2, 0) is 24.8 Å². The molecule has 0 spiro atoms. The van der Waals surface area contributed by atoms with E-state index in [2.05, 4.69) is 12.6 Å². The topological polar surface area (TPSA) is 90.2 Å². The van der Waals surface area contributed by atoms with Crippen LogP contribution in [0.5, 0.6) is 0 Å². The second-order valence-corrected chi connectivity index (χ2v) is 3.23. The van der Waals surface area contributed by atoms with Crippen molar-refractivity contribution < 1.29 is 45.3 Å². The Morgan fingerprint density at radius 1 is 1.08 bits per heavy atom. The summed E-state index contributed by atoms with van der Waals surface area (Å²) in [6.07, 6.45) is -4.70. The van der Waals surface area contributed by atoms with E-state index in [9.17, 15) is 10.2 Å². The quantitative estimate of drug-likeness (QED) is 0.352. The molecule has 1 aliphatic rings. The smallest absolute Gasteiger partial charge is 0.129 e. The summed E-state index contributed by atoms with van der Waals surface area (Å²) in [5, 5.41) is 36.2. The molecule has 5 atom stereocenters. The van der Waals surface area contributed by atoms with E-state index in [1.54, 1.807) is 0 Å². The Labute approximate surface area is 94.5 Å². The van der Waals surface area contributed by atoms with E-state index in [4.69, 9.17) is 14.9 Å². The number of thiol groups is 1. The first kappa shape index (κ1) is 13.8. The largest absolute Gasteiger partial charge is 0.394 e. The maximum atomic E-state index is 9.20. The number of aliphatic hydroxyl groups excluding tert-OH is 4. The van der Waals surface area contributed by atoms with Crippen LogP contribution in [0.3, 0.4) is 0 Å². The Morgan fingerprint density at radius 3 is 2.08 bits per heavy atom. The summed E-state index contributed by atoms with van der Waals surface area (Å²) in [7, 11) is 0. The number of hydrogen-bond donors (Lipinski definition) is 5. The molecule has 0 aromatic carbocycles. The van der Waals surface area contributed by atoms with Gasteiger partial charge in [-0.2, -0.15) is 0 Å². The molecule has 0 aromatic rings. The van der Waals surface area contributed by atoms with Gasteiger partial charge in [0.25, 0.3) is 0 Å². The zero-order chi connectivity index (χ0) is 9.30. The van der Waals surface area contributed by atoms with Crippen molar-refractivity contribution in [2.24, 2.45) is 0 Å². The van der Waals surface area contributed by atoms with Crippen LogP contribution in [0.2, 0.25) is 0 Å². The third kappa shape index (κ3) is 2.87. The first-order valence-electron chi connectivity index (χ1n) is 3.56. The standard InChI is InChI=1S/C6H12O5S.Tc/c7-1-2-3(8)4(9)5(10)6(12)11-2;/h2-10,12H,1H2;/t2-,3-,4+,5-,6?;/m1./s1/i;1+1. The SMILES string of the molecule is OC[C@H]1OC(S)[C@H](O)[C@@H](O)[C@@H]1O.[99Tc]. The van der Waals surface area contributed by atoms with Crippen LogP contribution in [0.25, 0.3) is 0 Å². The van der Waals surface area contributed by atoms with E-state index >= 15 is 0 Å². The van der Waals surface area contributed by atoms with Crippen LogP contribution in [0, 0.1) is 0 Å². The van der Waals surface area contributed by atoms with E-state index in [1.807, 2.05) is 0 Å². The van der Waals surface area contributed by atoms with Crippen LogP contribution in [-0.4, -0.2) is 56.9 Å². The molecule has 4 N–H and O–H groups in total. The molecule has 1 aliphatic heterocycles. The number of rotatable bonds is 1. The van der Waals surface area contributed by atoms with E-state index in [0.717, 1.165) is 0 Å². The summed E-state index contributed by atoms with van der Waals surface area (Å²) in [5.41, 5.74) is -0.874. The normalized spacial score (nSPS) is 45.5. The minimum absolute atomic E-state index is 0. The number of hydrogen-bond acceptors (Lipinski definition) is 6. The van der Waals surface area contributed by atoms with E-state index < -0.39 is 36.5 Å². The van der Waals surface area contributed by atoms with Crippen LogP contribution in [0.15, 0.2) is 0 Å². The van der Waals surface area contributed by atoms with Crippen LogP contribution in [0.4, 0.5) is 0 Å². The molecule has 0 amide bonds. The maximum absolute atomic E-state index is 9.20. The van der Waals surface area contributed by atoms with Gasteiger partial charge in [0, 0.05) is 20.1 Å². The number of aliphatic hydroxyl groups is 4. The molecular formula is C6H12O5STc. The molecule has 1 unspecified atom stereocenters. The molecule has 79 valence electrons. The molecule has 7 heteroatoms. The minimum atomic E-state index is -1.32. The molecule has 5 nitrogen and oxygen atoms in total. The Bertz CT molecular complexity index is 155. The van der Waals surface area contributed by atoms with Gasteiger partial charge in [-0.05, 0) is 0 Å². The molecule has 1 fully saturated rings. The Hall–Kier alpha value is 0.799. The fraction of sp³-hybridized carbons (Fsp3) is 1.00. The Morgan fingerprint density at radius 2 is 1.62 bits per heavy atom. The van der Waals surface area contributed by atoms with Crippen molar-refractivity contribution in [1.29, 1.82) is 0 Å². The van der Waals surface area contributed by atoms with Gasteiger partial charge in [-0.15, -0.1) is 12.6 Å². The Kier molecular flexibility index (Phi) is 5.97. The van der Waals surface area contributed by atoms with E-state index in [0.29, 0.717) is 0 Å². The first-order chi connectivity index (χ1) is 5.57. The van der Waals surface area contributed by atoms with Crippen molar-refractivity contribution in [3.8, 4) is 0 Å². The van der Waals surface area contributed by atoms with Gasteiger partial charge in [0.1, 0.15) is 29.9 Å². The zero-order valence-electron chi connectivity index (χ0n) is 6.62. The van der Waals surface area contributed by atoms with Gasteiger partial charge in [0.2, 0.25) is 0 Å². The molecule has 1 heterocycles. The molecular weight excluding hydrogens is 283 g/mol. The van der Waals surface area contributed by atoms with Gasteiger partial charge in [0.15, 0.2) is 0 Å². The molecule has 0 saturated carbocycles. The van der Waals surface area contributed by atoms with E-state index in [1.165, 1.54) is 0 Å². The fourth-order valence-electron chi connectivity index (χ4n) is 1.08. The summed E-state index contributed by atoms with van der Waals surface area (Å²) in [4.78, 5) is 0. The predicted octanol–water partition coefficient (Wildman–Crippen LogP) is -2.29. The molecule has 0 aliphatic carbocycles. The number of ether oxygens (including phenoxy) is 1. The van der Waals surface area contributed by atoms with Crippen molar-refractivity contribution in [1.82, 2.24) is 0 Å². The fourth-order valence-corrected chi connectivity index (χ4v) is 1.41. The van der Waals surface area contributed by atoms with Gasteiger partial charge in [-0.25, -0.2) is 0 Å². The summed E-state index contributed by atoms with van der Waals surface area (Å²) in [6.45, 7) is -0.415. The monoisotopic (exact) mass is 295 g/mol. The van der Waals surface area contributed by atoms with Crippen molar-refractivity contribution in [2.45, 2.75) is 29.9 Å². The predicted molar refractivity (Wildman–Crippen MR) is 42.8 cm³/mol. The molecule has 0 aromatic heterocycles. The third-order valence-electron chi connectivity index (χ3n) is 1.87. The van der Waals surface area contributed by atoms with Gasteiger partial charge in [0.05, 0.1) is 6.61 Å². The molecule has 0 bridgehead atoms. The van der Waals surface area contributed by atoms with Crippen LogP contribution < -0.4 is 0 Å². The third-order valence-corrected chi connectivity index (χ3v) is 2.29. The molecule has 13 heavy (non-hydrogen) atoms. The van der Waals surface area contributed by atoms with Crippen molar-refractivity contribution >= 4 is 12.6 Å². The van der Waals surface area contributed by atoms with Gasteiger partial charge in [-0.1, -0.05) is 0 Å². The average Bonchev–Trinajstić information content (AvgIpc) is 2.08. The maximum Gasteiger partial charge on any atom is 0.129 e.